The van der Waals surface area contributed by atoms with E-state index in [2.05, 4.69) is 26.4 Å². The van der Waals surface area contributed by atoms with Gasteiger partial charge in [-0.15, -0.1) is 0 Å². The van der Waals surface area contributed by atoms with Crippen LogP contribution >= 0.6 is 15.9 Å². The number of carbonyl (C=O) groups is 1. The molecule has 0 aliphatic heterocycles. The average Bonchev–Trinajstić information content (AvgIpc) is 2.79. The van der Waals surface area contributed by atoms with Crippen molar-refractivity contribution in [3.8, 4) is 0 Å². The molecule has 0 spiro atoms. The highest BCUT2D eigenvalue weighted by molar-refractivity contribution is 9.10. The molecule has 16 heavy (non-hydrogen) atoms. The first-order chi connectivity index (χ1) is 7.75. The van der Waals surface area contributed by atoms with Crippen molar-refractivity contribution >= 4 is 21.8 Å². The third-order valence-electron chi connectivity index (χ3n) is 2.00. The molecule has 82 valence electrons. The largest absolute Gasteiger partial charge is 0.351 e. The molecule has 4 nitrogen and oxygen atoms in total. The lowest BCUT2D eigenvalue weighted by atomic mass is 10.2. The zero-order chi connectivity index (χ0) is 11.4. The summed E-state index contributed by atoms with van der Waals surface area (Å²) in [6, 6.07) is 9.25. The SMILES string of the molecule is O=C(NCc1cccc(Br)c1)c1ccno1. The summed E-state index contributed by atoms with van der Waals surface area (Å²) < 4.78 is 5.72. The van der Waals surface area contributed by atoms with Gasteiger partial charge in [-0.05, 0) is 17.7 Å². The molecule has 1 aromatic heterocycles. The van der Waals surface area contributed by atoms with Crippen molar-refractivity contribution in [2.24, 2.45) is 0 Å². The molecule has 1 amide bonds. The number of nitrogens with zero attached hydrogens (tertiary/aromatic N) is 1. The van der Waals surface area contributed by atoms with Crippen LogP contribution < -0.4 is 5.32 Å². The van der Waals surface area contributed by atoms with Crippen LogP contribution in [0.3, 0.4) is 0 Å². The molecule has 0 saturated carbocycles. The fraction of sp³-hybridized carbons (Fsp3) is 0.0909. The van der Waals surface area contributed by atoms with E-state index >= 15 is 0 Å². The van der Waals surface area contributed by atoms with Gasteiger partial charge in [0.1, 0.15) is 0 Å². The normalized spacial score (nSPS) is 10.1. The van der Waals surface area contributed by atoms with E-state index in [0.29, 0.717) is 6.54 Å². The van der Waals surface area contributed by atoms with E-state index in [4.69, 9.17) is 4.52 Å². The Kier molecular flexibility index (Phi) is 3.36. The molecule has 0 atom stereocenters. The summed E-state index contributed by atoms with van der Waals surface area (Å²) in [5.41, 5.74) is 1.02. The van der Waals surface area contributed by atoms with Gasteiger partial charge in [-0.25, -0.2) is 0 Å². The molecule has 0 radical (unpaired) electrons. The third kappa shape index (κ3) is 2.70. The molecule has 0 bridgehead atoms. The maximum Gasteiger partial charge on any atom is 0.290 e. The second kappa shape index (κ2) is 4.94. The Morgan fingerprint density at radius 3 is 3.00 bits per heavy atom. The fourth-order valence-corrected chi connectivity index (χ4v) is 1.70. The number of benzene rings is 1. The molecule has 5 heteroatoms. The summed E-state index contributed by atoms with van der Waals surface area (Å²) in [5, 5.41) is 6.20. The number of hydrogen-bond donors (Lipinski definition) is 1. The number of aromatic nitrogens is 1. The standard InChI is InChI=1S/C11H9BrN2O2/c12-9-3-1-2-8(6-9)7-13-11(15)10-4-5-14-16-10/h1-6H,7H2,(H,13,15). The molecular formula is C11H9BrN2O2. The topological polar surface area (TPSA) is 55.1 Å². The highest BCUT2D eigenvalue weighted by Gasteiger charge is 2.08. The Morgan fingerprint density at radius 2 is 2.31 bits per heavy atom. The Hall–Kier alpha value is -1.62. The predicted octanol–water partition coefficient (Wildman–Crippen LogP) is 2.37. The van der Waals surface area contributed by atoms with Crippen LogP contribution in [-0.2, 0) is 6.54 Å². The second-order valence-electron chi connectivity index (χ2n) is 3.19. The highest BCUT2D eigenvalue weighted by Crippen LogP contribution is 2.11. The molecule has 1 heterocycles. The van der Waals surface area contributed by atoms with Gasteiger partial charge in [0, 0.05) is 17.1 Å². The summed E-state index contributed by atoms with van der Waals surface area (Å²) in [4.78, 5) is 11.5. The van der Waals surface area contributed by atoms with Gasteiger partial charge in [0.15, 0.2) is 0 Å². The molecule has 1 N–H and O–H groups in total. The van der Waals surface area contributed by atoms with Crippen LogP contribution in [0.15, 0.2) is 45.5 Å². The Morgan fingerprint density at radius 1 is 1.44 bits per heavy atom. The molecule has 2 rings (SSSR count). The molecule has 0 fully saturated rings. The smallest absolute Gasteiger partial charge is 0.290 e. The number of carbonyl (C=O) groups excluding carboxylic acids is 1. The van der Waals surface area contributed by atoms with Crippen LogP contribution in [0.4, 0.5) is 0 Å². The van der Waals surface area contributed by atoms with Crippen LogP contribution in [0.5, 0.6) is 0 Å². The van der Waals surface area contributed by atoms with Gasteiger partial charge < -0.3 is 9.84 Å². The molecule has 0 aliphatic rings. The van der Waals surface area contributed by atoms with Gasteiger partial charge in [-0.3, -0.25) is 4.79 Å². The average molecular weight is 281 g/mol. The van der Waals surface area contributed by atoms with E-state index in [1.807, 2.05) is 24.3 Å². The van der Waals surface area contributed by atoms with Gasteiger partial charge in [0.25, 0.3) is 5.91 Å². The zero-order valence-electron chi connectivity index (χ0n) is 8.31. The predicted molar refractivity (Wildman–Crippen MR) is 61.8 cm³/mol. The molecular weight excluding hydrogens is 272 g/mol. The Labute approximate surface area is 101 Å². The van der Waals surface area contributed by atoms with Crippen molar-refractivity contribution in [3.05, 3.63) is 52.3 Å². The van der Waals surface area contributed by atoms with E-state index in [1.54, 1.807) is 0 Å². The van der Waals surface area contributed by atoms with Crippen LogP contribution in [0.25, 0.3) is 0 Å². The van der Waals surface area contributed by atoms with Gasteiger partial charge in [-0.1, -0.05) is 33.2 Å². The van der Waals surface area contributed by atoms with E-state index < -0.39 is 0 Å². The van der Waals surface area contributed by atoms with E-state index in [0.717, 1.165) is 10.0 Å². The maximum absolute atomic E-state index is 11.5. The number of amides is 1. The monoisotopic (exact) mass is 280 g/mol. The number of nitrogens with one attached hydrogen (secondary N) is 1. The lowest BCUT2D eigenvalue weighted by Gasteiger charge is -2.03. The van der Waals surface area contributed by atoms with Crippen LogP contribution in [0.1, 0.15) is 16.1 Å². The van der Waals surface area contributed by atoms with Crippen molar-refractivity contribution in [2.45, 2.75) is 6.54 Å². The summed E-state index contributed by atoms with van der Waals surface area (Å²) in [6.07, 6.45) is 1.44. The number of hydrogen-bond acceptors (Lipinski definition) is 3. The minimum atomic E-state index is -0.266. The van der Waals surface area contributed by atoms with Crippen LogP contribution in [-0.4, -0.2) is 11.1 Å². The quantitative estimate of drug-likeness (QED) is 0.939. The van der Waals surface area contributed by atoms with E-state index in [-0.39, 0.29) is 11.7 Å². The second-order valence-corrected chi connectivity index (χ2v) is 4.10. The third-order valence-corrected chi connectivity index (χ3v) is 2.50. The van der Waals surface area contributed by atoms with Gasteiger partial charge >= 0.3 is 0 Å². The summed E-state index contributed by atoms with van der Waals surface area (Å²) in [5.74, 6) is -0.0486. The maximum atomic E-state index is 11.5. The number of rotatable bonds is 3. The van der Waals surface area contributed by atoms with E-state index in [9.17, 15) is 4.79 Å². The summed E-state index contributed by atoms with van der Waals surface area (Å²) >= 11 is 3.37. The lowest BCUT2D eigenvalue weighted by molar-refractivity contribution is 0.0914. The van der Waals surface area contributed by atoms with Gasteiger partial charge in [-0.2, -0.15) is 0 Å². The van der Waals surface area contributed by atoms with Gasteiger partial charge in [0.05, 0.1) is 6.20 Å². The van der Waals surface area contributed by atoms with Gasteiger partial charge in [0.2, 0.25) is 5.76 Å². The molecule has 0 aliphatic carbocycles. The fourth-order valence-electron chi connectivity index (χ4n) is 1.25. The Bertz CT molecular complexity index is 482. The van der Waals surface area contributed by atoms with Crippen molar-refractivity contribution in [2.75, 3.05) is 0 Å². The highest BCUT2D eigenvalue weighted by atomic mass is 79.9. The molecule has 0 saturated heterocycles. The minimum Gasteiger partial charge on any atom is -0.351 e. The number of halogens is 1. The summed E-state index contributed by atoms with van der Waals surface area (Å²) in [6.45, 7) is 0.457. The van der Waals surface area contributed by atoms with Crippen LogP contribution in [0, 0.1) is 0 Å². The molecule has 2 aromatic rings. The van der Waals surface area contributed by atoms with Crippen molar-refractivity contribution < 1.29 is 9.32 Å². The first-order valence-corrected chi connectivity index (χ1v) is 5.48. The molecule has 1 aromatic carbocycles. The van der Waals surface area contributed by atoms with E-state index in [1.165, 1.54) is 12.3 Å². The summed E-state index contributed by atoms with van der Waals surface area (Å²) in [7, 11) is 0. The first-order valence-electron chi connectivity index (χ1n) is 4.69. The van der Waals surface area contributed by atoms with Crippen molar-refractivity contribution in [1.29, 1.82) is 0 Å². The first kappa shape index (κ1) is 10.9. The van der Waals surface area contributed by atoms with Crippen LogP contribution in [0.2, 0.25) is 0 Å². The van der Waals surface area contributed by atoms with Crippen molar-refractivity contribution in [3.63, 3.8) is 0 Å². The van der Waals surface area contributed by atoms with Crippen molar-refractivity contribution in [1.82, 2.24) is 10.5 Å². The Balaban J connectivity index is 1.95. The lowest BCUT2D eigenvalue weighted by Crippen LogP contribution is -2.22. The minimum absolute atomic E-state index is 0.218. The zero-order valence-corrected chi connectivity index (χ0v) is 9.90. The molecule has 0 unspecified atom stereocenters.